The van der Waals surface area contributed by atoms with Gasteiger partial charge in [0.2, 0.25) is 5.91 Å². The lowest BCUT2D eigenvalue weighted by Crippen LogP contribution is -2.42. The Balaban J connectivity index is 2.76. The molecule has 2 N–H and O–H groups in total. The molecule has 1 amide bonds. The molecule has 0 heterocycles. The molecule has 7 heteroatoms. The van der Waals surface area contributed by atoms with Gasteiger partial charge in [0.15, 0.2) is 10.5 Å². The second-order valence-corrected chi connectivity index (χ2v) is 8.29. The van der Waals surface area contributed by atoms with Crippen molar-refractivity contribution in [3.63, 3.8) is 0 Å². The quantitative estimate of drug-likeness (QED) is 0.475. The van der Waals surface area contributed by atoms with E-state index in [0.717, 1.165) is 12.0 Å². The number of aliphatic carboxylic acids is 1. The van der Waals surface area contributed by atoms with E-state index in [-0.39, 0.29) is 5.12 Å². The molecule has 0 aromatic heterocycles. The molecular formula is C18H25NO4S2. The van der Waals surface area contributed by atoms with E-state index in [0.29, 0.717) is 17.7 Å². The molecule has 3 atom stereocenters. The lowest BCUT2D eigenvalue weighted by Gasteiger charge is -2.17. The van der Waals surface area contributed by atoms with E-state index in [4.69, 9.17) is 0 Å². The highest BCUT2D eigenvalue weighted by Crippen LogP contribution is 2.25. The van der Waals surface area contributed by atoms with Crippen molar-refractivity contribution in [2.24, 2.45) is 5.92 Å². The Morgan fingerprint density at radius 3 is 2.12 bits per heavy atom. The summed E-state index contributed by atoms with van der Waals surface area (Å²) in [6, 6.07) is 7.77. The first-order valence-electron chi connectivity index (χ1n) is 8.12. The summed E-state index contributed by atoms with van der Waals surface area (Å²) in [5.41, 5.74) is 2.02. The van der Waals surface area contributed by atoms with Crippen LogP contribution < -0.4 is 5.32 Å². The molecule has 0 saturated carbocycles. The molecule has 1 aromatic rings. The molecule has 25 heavy (non-hydrogen) atoms. The summed E-state index contributed by atoms with van der Waals surface area (Å²) >= 11 is 4.57. The van der Waals surface area contributed by atoms with Crippen LogP contribution in [-0.4, -0.2) is 32.7 Å². The first kappa shape index (κ1) is 21.6. The van der Waals surface area contributed by atoms with Crippen molar-refractivity contribution in [1.29, 1.82) is 0 Å². The number of carbonyl (C=O) groups excluding carboxylic acids is 2. The van der Waals surface area contributed by atoms with E-state index in [9.17, 15) is 19.5 Å². The highest BCUT2D eigenvalue weighted by atomic mass is 32.2. The van der Waals surface area contributed by atoms with Crippen LogP contribution in [0.1, 0.15) is 44.7 Å². The minimum absolute atomic E-state index is 0.309. The van der Waals surface area contributed by atoms with E-state index in [2.05, 4.69) is 31.8 Å². The summed E-state index contributed by atoms with van der Waals surface area (Å²) < 4.78 is 0. The summed E-state index contributed by atoms with van der Waals surface area (Å²) in [6.45, 7) is 7.55. The zero-order valence-corrected chi connectivity index (χ0v) is 16.6. The summed E-state index contributed by atoms with van der Waals surface area (Å²) in [6.07, 6.45) is 0.965. The molecule has 1 rings (SSSR count). The average Bonchev–Trinajstić information content (AvgIpc) is 2.53. The number of benzene rings is 1. The third-order valence-electron chi connectivity index (χ3n) is 3.59. The molecule has 0 fully saturated rings. The zero-order chi connectivity index (χ0) is 19.1. The van der Waals surface area contributed by atoms with Crippen LogP contribution in [0.2, 0.25) is 0 Å². The van der Waals surface area contributed by atoms with Gasteiger partial charge >= 0.3 is 5.97 Å². The molecule has 0 aliphatic heterocycles. The molecule has 138 valence electrons. The number of nitrogens with one attached hydrogen (secondary N) is 1. The van der Waals surface area contributed by atoms with Gasteiger partial charge in [-0.15, -0.1) is 0 Å². The van der Waals surface area contributed by atoms with Crippen molar-refractivity contribution in [2.75, 3.05) is 0 Å². The van der Waals surface area contributed by atoms with Crippen molar-refractivity contribution in [3.05, 3.63) is 35.4 Å². The smallest absolute Gasteiger partial charge is 0.337 e. The van der Waals surface area contributed by atoms with Crippen LogP contribution in [0, 0.1) is 5.92 Å². The van der Waals surface area contributed by atoms with Gasteiger partial charge in [0, 0.05) is 0 Å². The maximum absolute atomic E-state index is 12.4. The van der Waals surface area contributed by atoms with Crippen LogP contribution in [0.25, 0.3) is 0 Å². The van der Waals surface area contributed by atoms with Gasteiger partial charge in [0.05, 0.1) is 11.2 Å². The largest absolute Gasteiger partial charge is 0.479 e. The van der Waals surface area contributed by atoms with Crippen LogP contribution >= 0.6 is 24.4 Å². The summed E-state index contributed by atoms with van der Waals surface area (Å²) in [5.74, 6) is -1.71. The second-order valence-electron chi connectivity index (χ2n) is 6.40. The fraction of sp³-hybridized carbons (Fsp3) is 0.500. The third-order valence-corrected chi connectivity index (χ3v) is 4.96. The van der Waals surface area contributed by atoms with E-state index in [1.807, 2.05) is 24.3 Å². The molecule has 0 saturated heterocycles. The Labute approximate surface area is 158 Å². The lowest BCUT2D eigenvalue weighted by molar-refractivity contribution is -0.139. The molecule has 0 spiro atoms. The number of carboxylic acid groups (broad SMARTS) is 1. The monoisotopic (exact) mass is 383 g/mol. The zero-order valence-electron chi connectivity index (χ0n) is 14.9. The van der Waals surface area contributed by atoms with Gasteiger partial charge in [-0.05, 0) is 30.4 Å². The second kappa shape index (κ2) is 9.87. The number of carbonyl (C=O) groups is 3. The predicted molar refractivity (Wildman–Crippen MR) is 104 cm³/mol. The van der Waals surface area contributed by atoms with Crippen LogP contribution in [0.4, 0.5) is 0 Å². The predicted octanol–water partition coefficient (Wildman–Crippen LogP) is 3.09. The van der Waals surface area contributed by atoms with E-state index >= 15 is 0 Å². The van der Waals surface area contributed by atoms with Gasteiger partial charge in [-0.1, -0.05) is 56.8 Å². The highest BCUT2D eigenvalue weighted by molar-refractivity contribution is 8.14. The van der Waals surface area contributed by atoms with Gasteiger partial charge in [-0.2, -0.15) is 12.6 Å². The Bertz CT molecular complexity index is 614. The highest BCUT2D eigenvalue weighted by Gasteiger charge is 2.28. The minimum atomic E-state index is -1.32. The van der Waals surface area contributed by atoms with Crippen molar-refractivity contribution in [2.45, 2.75) is 50.7 Å². The number of rotatable bonds is 8. The van der Waals surface area contributed by atoms with Gasteiger partial charge in [-0.3, -0.25) is 9.59 Å². The number of amides is 1. The fourth-order valence-electron chi connectivity index (χ4n) is 2.16. The van der Waals surface area contributed by atoms with E-state index in [1.54, 1.807) is 6.92 Å². The maximum Gasteiger partial charge on any atom is 0.337 e. The fourth-order valence-corrected chi connectivity index (χ4v) is 3.08. The summed E-state index contributed by atoms with van der Waals surface area (Å²) in [4.78, 5) is 35.3. The number of thioether (sulfide) groups is 1. The van der Waals surface area contributed by atoms with E-state index < -0.39 is 28.4 Å². The van der Waals surface area contributed by atoms with Crippen molar-refractivity contribution in [3.8, 4) is 0 Å². The van der Waals surface area contributed by atoms with Crippen LogP contribution in [0.15, 0.2) is 24.3 Å². The topological polar surface area (TPSA) is 83.5 Å². The lowest BCUT2D eigenvalue weighted by atomic mass is 9.97. The Kier molecular flexibility index (Phi) is 8.52. The summed E-state index contributed by atoms with van der Waals surface area (Å²) in [5, 5.41) is 9.24. The number of hydrogen-bond donors (Lipinski definition) is 3. The normalized spacial score (nSPS) is 14.6. The first-order valence-corrected chi connectivity index (χ1v) is 9.52. The Hall–Kier alpha value is -1.47. The van der Waals surface area contributed by atoms with Crippen molar-refractivity contribution < 1.29 is 19.5 Å². The summed E-state index contributed by atoms with van der Waals surface area (Å²) in [7, 11) is 0. The molecule has 3 unspecified atom stereocenters. The number of carboxylic acids is 1. The number of thiol groups is 1. The molecule has 0 bridgehead atoms. The van der Waals surface area contributed by atoms with Gasteiger partial charge in [-0.25, -0.2) is 4.79 Å². The van der Waals surface area contributed by atoms with Crippen molar-refractivity contribution >= 4 is 41.4 Å². The molecule has 1 aromatic carbocycles. The van der Waals surface area contributed by atoms with E-state index in [1.165, 1.54) is 12.5 Å². The SMILES string of the molecule is CC(C)Cc1ccc(C(C)C(=O)SC(NC(=O)C(C)S)C(=O)O)cc1. The van der Waals surface area contributed by atoms with Crippen molar-refractivity contribution in [1.82, 2.24) is 5.32 Å². The Morgan fingerprint density at radius 2 is 1.68 bits per heavy atom. The van der Waals surface area contributed by atoms with Gasteiger partial charge < -0.3 is 10.4 Å². The Morgan fingerprint density at radius 1 is 1.12 bits per heavy atom. The standard InChI is InChI=1S/C18H25NO4S2/c1-10(2)9-13-5-7-14(8-6-13)11(3)18(23)25-16(17(21)22)19-15(20)12(4)24/h5-8,10-12,16,24H,9H2,1-4H3,(H,19,20)(H,21,22). The molecule has 0 aliphatic rings. The molecule has 5 nitrogen and oxygen atoms in total. The van der Waals surface area contributed by atoms with Crippen LogP contribution in [-0.2, 0) is 20.8 Å². The third kappa shape index (κ3) is 7.12. The number of hydrogen-bond acceptors (Lipinski definition) is 5. The average molecular weight is 384 g/mol. The van der Waals surface area contributed by atoms with Crippen LogP contribution in [0.3, 0.4) is 0 Å². The first-order chi connectivity index (χ1) is 11.6. The molecule has 0 radical (unpaired) electrons. The maximum atomic E-state index is 12.4. The molecular weight excluding hydrogens is 358 g/mol. The minimum Gasteiger partial charge on any atom is -0.479 e. The molecule has 0 aliphatic carbocycles. The van der Waals surface area contributed by atoms with Gasteiger partial charge in [0.1, 0.15) is 0 Å². The van der Waals surface area contributed by atoms with Crippen LogP contribution in [0.5, 0.6) is 0 Å². The van der Waals surface area contributed by atoms with Gasteiger partial charge in [0.25, 0.3) is 0 Å².